The zero-order valence-corrected chi connectivity index (χ0v) is 20.2. The normalized spacial score (nSPS) is 12.7. The number of hydrogen-bond donors (Lipinski definition) is 0. The molecule has 0 aliphatic rings. The van der Waals surface area contributed by atoms with Gasteiger partial charge in [0.05, 0.1) is 15.1 Å². The molecule has 3 rings (SSSR count). The van der Waals surface area contributed by atoms with Crippen LogP contribution in [0.1, 0.15) is 44.0 Å². The van der Waals surface area contributed by atoms with Crippen molar-refractivity contribution in [3.63, 3.8) is 0 Å². The minimum Gasteiger partial charge on any atom is -0.317 e. The van der Waals surface area contributed by atoms with Gasteiger partial charge in [-0.15, -0.1) is 0 Å². The Balaban J connectivity index is 1.91. The van der Waals surface area contributed by atoms with Crippen LogP contribution in [0.2, 0.25) is 5.02 Å². The summed E-state index contributed by atoms with van der Waals surface area (Å²) < 4.78 is 30.1. The molecule has 2 aromatic carbocycles. The molecule has 0 radical (unpaired) electrons. The van der Waals surface area contributed by atoms with Crippen LogP contribution in [0, 0.1) is 0 Å². The van der Waals surface area contributed by atoms with Crippen LogP contribution < -0.4 is 4.80 Å². The van der Waals surface area contributed by atoms with Crippen LogP contribution in [0.15, 0.2) is 52.4 Å². The maximum atomic E-state index is 12.9. The van der Waals surface area contributed by atoms with E-state index >= 15 is 0 Å². The third kappa shape index (κ3) is 5.09. The highest BCUT2D eigenvalue weighted by molar-refractivity contribution is 7.89. The van der Waals surface area contributed by atoms with Gasteiger partial charge in [-0.2, -0.15) is 9.30 Å². The van der Waals surface area contributed by atoms with Gasteiger partial charge in [0, 0.05) is 30.2 Å². The van der Waals surface area contributed by atoms with E-state index in [9.17, 15) is 13.2 Å². The van der Waals surface area contributed by atoms with Crippen molar-refractivity contribution < 1.29 is 13.2 Å². The minimum atomic E-state index is -3.58. The first kappa shape index (κ1) is 23.7. The average molecular weight is 480 g/mol. The Bertz CT molecular complexity index is 1250. The predicted molar refractivity (Wildman–Crippen MR) is 126 cm³/mol. The van der Waals surface area contributed by atoms with Gasteiger partial charge in [0.1, 0.15) is 0 Å². The van der Waals surface area contributed by atoms with Crippen LogP contribution in [0.5, 0.6) is 0 Å². The molecule has 1 aromatic heterocycles. The van der Waals surface area contributed by atoms with E-state index in [0.29, 0.717) is 35.0 Å². The van der Waals surface area contributed by atoms with Crippen molar-refractivity contribution in [2.75, 3.05) is 13.1 Å². The summed E-state index contributed by atoms with van der Waals surface area (Å²) >= 11 is 7.48. The summed E-state index contributed by atoms with van der Waals surface area (Å²) in [5.74, 6) is -0.415. The average Bonchev–Trinajstić information content (AvgIpc) is 3.09. The Hall–Kier alpha value is -2.00. The summed E-state index contributed by atoms with van der Waals surface area (Å²) in [7, 11) is -3.58. The van der Waals surface area contributed by atoms with Crippen LogP contribution in [0.4, 0.5) is 0 Å². The number of halogens is 1. The highest BCUT2D eigenvalue weighted by Crippen LogP contribution is 2.22. The van der Waals surface area contributed by atoms with Crippen LogP contribution >= 0.6 is 22.9 Å². The van der Waals surface area contributed by atoms with E-state index in [1.165, 1.54) is 39.9 Å². The molecule has 0 unspecified atom stereocenters. The molecule has 6 nitrogen and oxygen atoms in total. The second kappa shape index (κ2) is 10.1. The largest absolute Gasteiger partial charge is 0.317 e. The smallest absolute Gasteiger partial charge is 0.279 e. The molecule has 0 fully saturated rings. The van der Waals surface area contributed by atoms with Crippen molar-refractivity contribution in [1.82, 2.24) is 8.87 Å². The Labute approximate surface area is 191 Å². The number of aryl methyl sites for hydroxylation is 1. The second-order valence-electron chi connectivity index (χ2n) is 7.03. The highest BCUT2D eigenvalue weighted by atomic mass is 35.5. The number of benzene rings is 2. The van der Waals surface area contributed by atoms with Gasteiger partial charge in [-0.05, 0) is 55.8 Å². The maximum Gasteiger partial charge on any atom is 0.279 e. The van der Waals surface area contributed by atoms with Crippen LogP contribution in [-0.4, -0.2) is 36.3 Å². The van der Waals surface area contributed by atoms with E-state index in [1.54, 1.807) is 0 Å². The molecular weight excluding hydrogens is 454 g/mol. The van der Waals surface area contributed by atoms with Crippen molar-refractivity contribution in [3.8, 4) is 0 Å². The van der Waals surface area contributed by atoms with E-state index in [0.717, 1.165) is 23.1 Å². The maximum absolute atomic E-state index is 12.9. The van der Waals surface area contributed by atoms with Gasteiger partial charge < -0.3 is 4.57 Å². The summed E-state index contributed by atoms with van der Waals surface area (Å²) in [5, 5.41) is 0.631. The topological polar surface area (TPSA) is 71.7 Å². The Kier molecular flexibility index (Phi) is 7.69. The van der Waals surface area contributed by atoms with E-state index in [2.05, 4.69) is 4.99 Å². The molecule has 0 spiro atoms. The SMILES string of the molecule is CCCCN(CC)S(=O)(=O)c1ccc(C(=O)N=c2sc3cc(Cl)ccc3n2CC)cc1. The Morgan fingerprint density at radius 1 is 1.13 bits per heavy atom. The van der Waals surface area contributed by atoms with Crippen molar-refractivity contribution in [2.24, 2.45) is 4.99 Å². The fourth-order valence-electron chi connectivity index (χ4n) is 3.29. The lowest BCUT2D eigenvalue weighted by Crippen LogP contribution is -2.31. The van der Waals surface area contributed by atoms with E-state index < -0.39 is 15.9 Å². The van der Waals surface area contributed by atoms with E-state index in [1.807, 2.05) is 43.5 Å². The molecule has 0 aliphatic heterocycles. The van der Waals surface area contributed by atoms with Crippen LogP contribution in [-0.2, 0) is 16.6 Å². The number of unbranched alkanes of at least 4 members (excludes halogenated alkanes) is 1. The second-order valence-corrected chi connectivity index (χ2v) is 10.4. The predicted octanol–water partition coefficient (Wildman–Crippen LogP) is 4.93. The number of carbonyl (C=O) groups is 1. The third-order valence-electron chi connectivity index (χ3n) is 5.01. The van der Waals surface area contributed by atoms with Crippen molar-refractivity contribution >= 4 is 49.1 Å². The molecule has 0 aliphatic carbocycles. The highest BCUT2D eigenvalue weighted by Gasteiger charge is 2.22. The van der Waals surface area contributed by atoms with Gasteiger partial charge in [-0.3, -0.25) is 4.79 Å². The van der Waals surface area contributed by atoms with Gasteiger partial charge in [-0.1, -0.05) is 43.2 Å². The first-order valence-electron chi connectivity index (χ1n) is 10.3. The number of carbonyl (C=O) groups excluding carboxylic acids is 1. The fraction of sp³-hybridized carbons (Fsp3) is 0.364. The van der Waals surface area contributed by atoms with Crippen molar-refractivity contribution in [3.05, 3.63) is 57.9 Å². The fourth-order valence-corrected chi connectivity index (χ4v) is 6.15. The zero-order chi connectivity index (χ0) is 22.6. The molecule has 3 aromatic rings. The Morgan fingerprint density at radius 2 is 1.84 bits per heavy atom. The molecule has 1 amide bonds. The van der Waals surface area contributed by atoms with Crippen LogP contribution in [0.25, 0.3) is 10.2 Å². The monoisotopic (exact) mass is 479 g/mol. The van der Waals surface area contributed by atoms with Gasteiger partial charge in [0.15, 0.2) is 4.80 Å². The van der Waals surface area contributed by atoms with E-state index in [-0.39, 0.29) is 4.90 Å². The standard InChI is InChI=1S/C22H26ClN3O3S2/c1-4-7-14-25(5-2)31(28,29)18-11-8-16(9-12-18)21(27)24-22-26(6-3)19-13-10-17(23)15-20(19)30-22/h8-13,15H,4-7,14H2,1-3H3. The summed E-state index contributed by atoms with van der Waals surface area (Å²) in [4.78, 5) is 17.8. The first-order chi connectivity index (χ1) is 14.8. The summed E-state index contributed by atoms with van der Waals surface area (Å²) in [6, 6.07) is 11.6. The summed E-state index contributed by atoms with van der Waals surface area (Å²) in [6.07, 6.45) is 1.73. The number of thiazole rings is 1. The summed E-state index contributed by atoms with van der Waals surface area (Å²) in [5.41, 5.74) is 1.31. The number of rotatable bonds is 8. The lowest BCUT2D eigenvalue weighted by molar-refractivity contribution is 0.0997. The molecule has 0 atom stereocenters. The Morgan fingerprint density at radius 3 is 2.45 bits per heavy atom. The van der Waals surface area contributed by atoms with Crippen molar-refractivity contribution in [1.29, 1.82) is 0 Å². The molecule has 0 saturated carbocycles. The van der Waals surface area contributed by atoms with E-state index in [4.69, 9.17) is 11.6 Å². The zero-order valence-electron chi connectivity index (χ0n) is 17.8. The number of hydrogen-bond acceptors (Lipinski definition) is 4. The lowest BCUT2D eigenvalue weighted by atomic mass is 10.2. The number of fused-ring (bicyclic) bond motifs is 1. The minimum absolute atomic E-state index is 0.183. The molecule has 1 heterocycles. The van der Waals surface area contributed by atoms with Gasteiger partial charge >= 0.3 is 0 Å². The number of aromatic nitrogens is 1. The molecule has 0 saturated heterocycles. The van der Waals surface area contributed by atoms with Crippen molar-refractivity contribution in [2.45, 2.75) is 45.1 Å². The third-order valence-corrected chi connectivity index (χ3v) is 8.28. The van der Waals surface area contributed by atoms with Crippen LogP contribution in [0.3, 0.4) is 0 Å². The first-order valence-corrected chi connectivity index (χ1v) is 12.9. The van der Waals surface area contributed by atoms with Gasteiger partial charge in [0.2, 0.25) is 10.0 Å². The van der Waals surface area contributed by atoms with Gasteiger partial charge in [0.25, 0.3) is 5.91 Å². The molecular formula is C22H26ClN3O3S2. The quantitative estimate of drug-likeness (QED) is 0.460. The van der Waals surface area contributed by atoms with Gasteiger partial charge in [-0.25, -0.2) is 8.42 Å². The molecule has 9 heteroatoms. The number of nitrogens with zero attached hydrogens (tertiary/aromatic N) is 3. The number of sulfonamides is 1. The molecule has 166 valence electrons. The molecule has 0 N–H and O–H groups in total. The lowest BCUT2D eigenvalue weighted by Gasteiger charge is -2.20. The molecule has 31 heavy (non-hydrogen) atoms. The summed E-state index contributed by atoms with van der Waals surface area (Å²) in [6.45, 7) is 7.39. The number of amides is 1. The molecule has 0 bridgehead atoms.